The molecule has 0 bridgehead atoms. The number of hydrogen-bond donors (Lipinski definition) is 1. The second-order valence-electron chi connectivity index (χ2n) is 5.86. The Morgan fingerprint density at radius 3 is 2.75 bits per heavy atom. The summed E-state index contributed by atoms with van der Waals surface area (Å²) in [4.78, 5) is 12.0. The fourth-order valence-corrected chi connectivity index (χ4v) is 3.28. The van der Waals surface area contributed by atoms with Gasteiger partial charge in [0.15, 0.2) is 0 Å². The van der Waals surface area contributed by atoms with E-state index in [-0.39, 0.29) is 12.1 Å². The molecule has 1 saturated carbocycles. The lowest BCUT2D eigenvalue weighted by atomic mass is 9.97. The fourth-order valence-electron chi connectivity index (χ4n) is 3.28. The first kappa shape index (κ1) is 15.7. The van der Waals surface area contributed by atoms with E-state index in [1.54, 1.807) is 0 Å². The molecule has 2 unspecified atom stereocenters. The number of hydrogen-bond acceptors (Lipinski definition) is 5. The molecule has 0 spiro atoms. The molecule has 0 radical (unpaired) electrons. The lowest BCUT2D eigenvalue weighted by molar-refractivity contribution is -0.149. The van der Waals surface area contributed by atoms with E-state index in [4.69, 9.17) is 14.2 Å². The van der Waals surface area contributed by atoms with Crippen LogP contribution in [0.5, 0.6) is 0 Å². The third-order valence-electron chi connectivity index (χ3n) is 4.47. The highest BCUT2D eigenvalue weighted by atomic mass is 16.5. The van der Waals surface area contributed by atoms with E-state index in [9.17, 15) is 4.79 Å². The molecule has 116 valence electrons. The Hall–Kier alpha value is -0.650. The van der Waals surface area contributed by atoms with Crippen LogP contribution in [-0.2, 0) is 19.0 Å². The molecule has 0 amide bonds. The first-order valence-electron chi connectivity index (χ1n) is 7.73. The summed E-state index contributed by atoms with van der Waals surface area (Å²) in [5.74, 6) is 0.451. The van der Waals surface area contributed by atoms with Crippen molar-refractivity contribution in [1.82, 2.24) is 5.32 Å². The van der Waals surface area contributed by atoms with Gasteiger partial charge in [0.2, 0.25) is 0 Å². The predicted octanol–water partition coefficient (Wildman–Crippen LogP) is 1.50. The number of likely N-dealkylation sites (N-methyl/N-ethyl adjacent to an activating group) is 1. The number of ether oxygens (including phenoxy) is 3. The van der Waals surface area contributed by atoms with Gasteiger partial charge >= 0.3 is 5.97 Å². The Bertz CT molecular complexity index is 317. The van der Waals surface area contributed by atoms with E-state index in [1.165, 1.54) is 7.11 Å². The van der Waals surface area contributed by atoms with Crippen LogP contribution < -0.4 is 5.32 Å². The summed E-state index contributed by atoms with van der Waals surface area (Å²) >= 11 is 0. The fraction of sp³-hybridized carbons (Fsp3) is 0.933. The summed E-state index contributed by atoms with van der Waals surface area (Å²) in [6.07, 6.45) is 4.77. The van der Waals surface area contributed by atoms with Crippen LogP contribution in [0.1, 0.15) is 39.0 Å². The molecule has 2 rings (SSSR count). The second-order valence-corrected chi connectivity index (χ2v) is 5.86. The van der Waals surface area contributed by atoms with Crippen LogP contribution in [0.4, 0.5) is 0 Å². The van der Waals surface area contributed by atoms with Crippen molar-refractivity contribution in [3.63, 3.8) is 0 Å². The molecule has 5 nitrogen and oxygen atoms in total. The zero-order valence-corrected chi connectivity index (χ0v) is 12.7. The van der Waals surface area contributed by atoms with Crippen LogP contribution >= 0.6 is 0 Å². The van der Waals surface area contributed by atoms with Crippen molar-refractivity contribution >= 4 is 5.97 Å². The highest BCUT2D eigenvalue weighted by molar-refractivity contribution is 5.81. The lowest BCUT2D eigenvalue weighted by Gasteiger charge is -2.28. The van der Waals surface area contributed by atoms with Crippen molar-refractivity contribution in [2.45, 2.75) is 50.7 Å². The maximum atomic E-state index is 12.0. The standard InChI is InChI=1S/C15H27NO4/c1-3-16-15(14(17)18-2)7-4-13(10-15)20-11-12-5-8-19-9-6-12/h12-13,16H,3-11H2,1-2H3. The van der Waals surface area contributed by atoms with E-state index in [0.717, 1.165) is 58.5 Å². The summed E-state index contributed by atoms with van der Waals surface area (Å²) < 4.78 is 16.4. The maximum absolute atomic E-state index is 12.0. The Morgan fingerprint density at radius 1 is 1.35 bits per heavy atom. The zero-order valence-electron chi connectivity index (χ0n) is 12.7. The van der Waals surface area contributed by atoms with E-state index < -0.39 is 5.54 Å². The molecule has 5 heteroatoms. The summed E-state index contributed by atoms with van der Waals surface area (Å²) in [5.41, 5.74) is -0.538. The monoisotopic (exact) mass is 285 g/mol. The van der Waals surface area contributed by atoms with Gasteiger partial charge in [-0.2, -0.15) is 0 Å². The van der Waals surface area contributed by atoms with Gasteiger partial charge in [-0.3, -0.25) is 4.79 Å². The van der Waals surface area contributed by atoms with Crippen molar-refractivity contribution in [2.75, 3.05) is 33.5 Å². The molecule has 1 aliphatic carbocycles. The lowest BCUT2D eigenvalue weighted by Crippen LogP contribution is -2.51. The number of carbonyl (C=O) groups is 1. The molecule has 2 aliphatic rings. The highest BCUT2D eigenvalue weighted by Gasteiger charge is 2.46. The van der Waals surface area contributed by atoms with Gasteiger partial charge in [0.25, 0.3) is 0 Å². The average molecular weight is 285 g/mol. The Morgan fingerprint density at radius 2 is 2.10 bits per heavy atom. The molecule has 0 aromatic heterocycles. The molecule has 0 aromatic carbocycles. The van der Waals surface area contributed by atoms with Crippen LogP contribution in [-0.4, -0.2) is 51.1 Å². The molecular formula is C15H27NO4. The molecule has 1 heterocycles. The van der Waals surface area contributed by atoms with Gasteiger partial charge in [-0.15, -0.1) is 0 Å². The average Bonchev–Trinajstić information content (AvgIpc) is 2.90. The topological polar surface area (TPSA) is 56.8 Å². The normalized spacial score (nSPS) is 31.4. The predicted molar refractivity (Wildman–Crippen MR) is 75.6 cm³/mol. The van der Waals surface area contributed by atoms with Gasteiger partial charge in [0.05, 0.1) is 13.2 Å². The summed E-state index contributed by atoms with van der Waals surface area (Å²) in [6, 6.07) is 0. The van der Waals surface area contributed by atoms with E-state index in [0.29, 0.717) is 5.92 Å². The number of carbonyl (C=O) groups excluding carboxylic acids is 1. The van der Waals surface area contributed by atoms with Gasteiger partial charge in [0.1, 0.15) is 5.54 Å². The maximum Gasteiger partial charge on any atom is 0.326 e. The number of rotatable bonds is 6. The van der Waals surface area contributed by atoms with Crippen LogP contribution in [0.3, 0.4) is 0 Å². The molecule has 0 aromatic rings. The molecule has 1 aliphatic heterocycles. The van der Waals surface area contributed by atoms with Crippen LogP contribution in [0.25, 0.3) is 0 Å². The Balaban J connectivity index is 1.81. The number of nitrogens with one attached hydrogen (secondary N) is 1. The van der Waals surface area contributed by atoms with Gasteiger partial charge in [-0.05, 0) is 38.1 Å². The van der Waals surface area contributed by atoms with Crippen molar-refractivity contribution in [3.05, 3.63) is 0 Å². The Labute approximate surface area is 121 Å². The number of esters is 1. The summed E-state index contributed by atoms with van der Waals surface area (Å²) in [5, 5.41) is 3.30. The summed E-state index contributed by atoms with van der Waals surface area (Å²) in [6.45, 7) is 5.27. The Kier molecular flexibility index (Phi) is 5.81. The van der Waals surface area contributed by atoms with Gasteiger partial charge in [-0.1, -0.05) is 6.92 Å². The van der Waals surface area contributed by atoms with Crippen LogP contribution in [0.15, 0.2) is 0 Å². The largest absolute Gasteiger partial charge is 0.468 e. The van der Waals surface area contributed by atoms with Gasteiger partial charge in [0, 0.05) is 26.2 Å². The van der Waals surface area contributed by atoms with Gasteiger partial charge in [-0.25, -0.2) is 0 Å². The minimum absolute atomic E-state index is 0.156. The van der Waals surface area contributed by atoms with Crippen molar-refractivity contribution in [1.29, 1.82) is 0 Å². The summed E-state index contributed by atoms with van der Waals surface area (Å²) in [7, 11) is 1.46. The molecule has 20 heavy (non-hydrogen) atoms. The molecular weight excluding hydrogens is 258 g/mol. The minimum Gasteiger partial charge on any atom is -0.468 e. The van der Waals surface area contributed by atoms with E-state index in [1.807, 2.05) is 6.92 Å². The van der Waals surface area contributed by atoms with E-state index in [2.05, 4.69) is 5.32 Å². The highest BCUT2D eigenvalue weighted by Crippen LogP contribution is 2.33. The van der Waals surface area contributed by atoms with Crippen molar-refractivity contribution < 1.29 is 19.0 Å². The third kappa shape index (κ3) is 3.71. The minimum atomic E-state index is -0.538. The molecule has 1 saturated heterocycles. The molecule has 2 fully saturated rings. The van der Waals surface area contributed by atoms with Crippen LogP contribution in [0.2, 0.25) is 0 Å². The number of methoxy groups -OCH3 is 1. The first-order chi connectivity index (χ1) is 9.70. The van der Waals surface area contributed by atoms with E-state index >= 15 is 0 Å². The zero-order chi connectivity index (χ0) is 14.4. The molecule has 2 atom stereocenters. The first-order valence-corrected chi connectivity index (χ1v) is 7.73. The smallest absolute Gasteiger partial charge is 0.326 e. The van der Waals surface area contributed by atoms with Gasteiger partial charge < -0.3 is 19.5 Å². The quantitative estimate of drug-likeness (QED) is 0.750. The SMILES string of the molecule is CCNC1(C(=O)OC)CCC(OCC2CCOCC2)C1. The second kappa shape index (κ2) is 7.38. The third-order valence-corrected chi connectivity index (χ3v) is 4.47. The molecule has 1 N–H and O–H groups in total. The van der Waals surface area contributed by atoms with Crippen molar-refractivity contribution in [2.24, 2.45) is 5.92 Å². The van der Waals surface area contributed by atoms with Crippen molar-refractivity contribution in [3.8, 4) is 0 Å². The van der Waals surface area contributed by atoms with Crippen LogP contribution in [0, 0.1) is 5.92 Å².